The van der Waals surface area contributed by atoms with Crippen LogP contribution in [0.2, 0.25) is 0 Å². The zero-order chi connectivity index (χ0) is 18.0. The van der Waals surface area contributed by atoms with Crippen LogP contribution in [0.3, 0.4) is 0 Å². The molecule has 0 aliphatic heterocycles. The number of allylic oxidation sites excluding steroid dienone is 1. The van der Waals surface area contributed by atoms with Gasteiger partial charge in [-0.2, -0.15) is 0 Å². The van der Waals surface area contributed by atoms with Crippen LogP contribution in [0.25, 0.3) is 5.57 Å². The fourth-order valence-corrected chi connectivity index (χ4v) is 3.88. The molecule has 0 aromatic heterocycles. The highest BCUT2D eigenvalue weighted by atomic mass is 16.6. The van der Waals surface area contributed by atoms with E-state index in [1.807, 2.05) is 30.3 Å². The van der Waals surface area contributed by atoms with E-state index in [0.717, 1.165) is 48.0 Å². The Hall–Kier alpha value is -2.46. The predicted molar refractivity (Wildman–Crippen MR) is 99.3 cm³/mol. The van der Waals surface area contributed by atoms with Gasteiger partial charge in [0.15, 0.2) is 0 Å². The van der Waals surface area contributed by atoms with Crippen LogP contribution in [0.15, 0.2) is 54.1 Å². The quantitative estimate of drug-likeness (QED) is 0.582. The molecule has 130 valence electrons. The van der Waals surface area contributed by atoms with Gasteiger partial charge in [0, 0.05) is 17.7 Å². The van der Waals surface area contributed by atoms with Gasteiger partial charge >= 0.3 is 0 Å². The maximum Gasteiger partial charge on any atom is 0.269 e. The molecular formula is C21H23NO3. The average Bonchev–Trinajstić information content (AvgIpc) is 2.86. The number of aliphatic hydroxyl groups is 1. The molecule has 0 amide bonds. The summed E-state index contributed by atoms with van der Waals surface area (Å²) in [7, 11) is 0. The average molecular weight is 337 g/mol. The van der Waals surface area contributed by atoms with Gasteiger partial charge in [-0.1, -0.05) is 57.0 Å². The summed E-state index contributed by atoms with van der Waals surface area (Å²) in [6.07, 6.45) is 3.50. The van der Waals surface area contributed by atoms with Gasteiger partial charge in [0.05, 0.1) is 4.92 Å². The highest BCUT2D eigenvalue weighted by Crippen LogP contribution is 2.52. The third-order valence-electron chi connectivity index (χ3n) is 4.92. The first-order chi connectivity index (χ1) is 12.0. The first kappa shape index (κ1) is 17.4. The van der Waals surface area contributed by atoms with Gasteiger partial charge in [0.1, 0.15) is 5.60 Å². The Kier molecular flexibility index (Phi) is 4.73. The smallest absolute Gasteiger partial charge is 0.269 e. The fraction of sp³-hybridized carbons (Fsp3) is 0.333. The van der Waals surface area contributed by atoms with E-state index in [0.29, 0.717) is 5.56 Å². The second kappa shape index (κ2) is 6.81. The van der Waals surface area contributed by atoms with Crippen molar-refractivity contribution in [1.29, 1.82) is 0 Å². The maximum absolute atomic E-state index is 11.8. The van der Waals surface area contributed by atoms with E-state index >= 15 is 0 Å². The molecule has 4 nitrogen and oxygen atoms in total. The number of hydrogen-bond acceptors (Lipinski definition) is 3. The van der Waals surface area contributed by atoms with Crippen molar-refractivity contribution in [2.45, 2.75) is 45.1 Å². The van der Waals surface area contributed by atoms with E-state index in [1.54, 1.807) is 12.1 Å². The van der Waals surface area contributed by atoms with E-state index in [-0.39, 0.29) is 5.69 Å². The molecule has 1 aliphatic rings. The standard InChI is InChI=1S/C21H23NO3/c1-3-8-17-18-13-12-16(22(24)25)14-20(18)21(23,19(17)9-4-2)15-10-6-5-7-11-15/h5-7,10-14,23H,3-4,8-9H2,1-2H3. The SMILES string of the molecule is CCCC1=C(CCC)C(O)(c2ccccc2)c2cc([N+](=O)[O-])ccc21. The van der Waals surface area contributed by atoms with Gasteiger partial charge in [-0.15, -0.1) is 0 Å². The second-order valence-corrected chi connectivity index (χ2v) is 6.52. The minimum atomic E-state index is -1.29. The van der Waals surface area contributed by atoms with E-state index in [2.05, 4.69) is 13.8 Å². The molecule has 4 heteroatoms. The van der Waals surface area contributed by atoms with Crippen molar-refractivity contribution in [3.05, 3.63) is 80.9 Å². The lowest BCUT2D eigenvalue weighted by atomic mass is 9.81. The van der Waals surface area contributed by atoms with E-state index in [4.69, 9.17) is 0 Å². The van der Waals surface area contributed by atoms with Crippen LogP contribution in [0.4, 0.5) is 5.69 Å². The fourth-order valence-electron chi connectivity index (χ4n) is 3.88. The van der Waals surface area contributed by atoms with Crippen LogP contribution in [0, 0.1) is 10.1 Å². The molecule has 0 heterocycles. The zero-order valence-corrected chi connectivity index (χ0v) is 14.7. The minimum absolute atomic E-state index is 0.0155. The number of benzene rings is 2. The topological polar surface area (TPSA) is 63.4 Å². The molecule has 2 aromatic rings. The summed E-state index contributed by atoms with van der Waals surface area (Å²) in [5, 5.41) is 23.1. The molecule has 0 spiro atoms. The van der Waals surface area contributed by atoms with Crippen LogP contribution in [0.5, 0.6) is 0 Å². The summed E-state index contributed by atoms with van der Waals surface area (Å²) in [6, 6.07) is 14.4. The van der Waals surface area contributed by atoms with Crippen LogP contribution < -0.4 is 0 Å². The first-order valence-electron chi connectivity index (χ1n) is 8.83. The summed E-state index contributed by atoms with van der Waals surface area (Å²) in [5.74, 6) is 0. The van der Waals surface area contributed by atoms with Crippen molar-refractivity contribution in [3.8, 4) is 0 Å². The second-order valence-electron chi connectivity index (χ2n) is 6.52. The zero-order valence-electron chi connectivity index (χ0n) is 14.7. The summed E-state index contributed by atoms with van der Waals surface area (Å²) in [5.41, 5.74) is 3.21. The van der Waals surface area contributed by atoms with Gasteiger partial charge in [-0.25, -0.2) is 0 Å². The number of rotatable bonds is 6. The monoisotopic (exact) mass is 337 g/mol. The van der Waals surface area contributed by atoms with Gasteiger partial charge in [-0.05, 0) is 41.2 Å². The Morgan fingerprint density at radius 3 is 2.32 bits per heavy atom. The molecule has 3 rings (SSSR count). The summed E-state index contributed by atoms with van der Waals surface area (Å²) < 4.78 is 0. The number of nitro groups is 1. The largest absolute Gasteiger partial charge is 0.376 e. The van der Waals surface area contributed by atoms with Crippen LogP contribution in [-0.2, 0) is 5.60 Å². The minimum Gasteiger partial charge on any atom is -0.376 e. The number of fused-ring (bicyclic) bond motifs is 1. The lowest BCUT2D eigenvalue weighted by molar-refractivity contribution is -0.385. The molecule has 0 radical (unpaired) electrons. The summed E-state index contributed by atoms with van der Waals surface area (Å²) >= 11 is 0. The Morgan fingerprint density at radius 2 is 1.72 bits per heavy atom. The van der Waals surface area contributed by atoms with Crippen molar-refractivity contribution in [3.63, 3.8) is 0 Å². The molecule has 25 heavy (non-hydrogen) atoms. The van der Waals surface area contributed by atoms with Gasteiger partial charge in [0.2, 0.25) is 0 Å². The lowest BCUT2D eigenvalue weighted by Crippen LogP contribution is -2.27. The predicted octanol–water partition coefficient (Wildman–Crippen LogP) is 5.20. The molecule has 1 aliphatic carbocycles. The molecule has 0 saturated heterocycles. The van der Waals surface area contributed by atoms with Crippen molar-refractivity contribution in [2.24, 2.45) is 0 Å². The Morgan fingerprint density at radius 1 is 1.04 bits per heavy atom. The normalized spacial score (nSPS) is 19.2. The Balaban J connectivity index is 2.30. The highest BCUT2D eigenvalue weighted by Gasteiger charge is 2.44. The van der Waals surface area contributed by atoms with Gasteiger partial charge in [0.25, 0.3) is 5.69 Å². The maximum atomic E-state index is 11.8. The number of non-ortho nitro benzene ring substituents is 1. The van der Waals surface area contributed by atoms with Crippen molar-refractivity contribution in [2.75, 3.05) is 0 Å². The highest BCUT2D eigenvalue weighted by molar-refractivity contribution is 5.82. The first-order valence-corrected chi connectivity index (χ1v) is 8.83. The molecule has 0 bridgehead atoms. The Bertz CT molecular complexity index is 826. The molecule has 0 fully saturated rings. The van der Waals surface area contributed by atoms with Crippen molar-refractivity contribution >= 4 is 11.3 Å². The molecule has 0 saturated carbocycles. The number of nitrogens with zero attached hydrogens (tertiary/aromatic N) is 1. The third-order valence-corrected chi connectivity index (χ3v) is 4.92. The van der Waals surface area contributed by atoms with Crippen LogP contribution >= 0.6 is 0 Å². The van der Waals surface area contributed by atoms with Gasteiger partial charge in [-0.3, -0.25) is 10.1 Å². The van der Waals surface area contributed by atoms with Crippen LogP contribution in [0.1, 0.15) is 56.2 Å². The Labute approximate surface area is 148 Å². The molecule has 1 N–H and O–H groups in total. The van der Waals surface area contributed by atoms with E-state index in [9.17, 15) is 15.2 Å². The summed E-state index contributed by atoms with van der Waals surface area (Å²) in [6.45, 7) is 4.20. The van der Waals surface area contributed by atoms with Gasteiger partial charge < -0.3 is 5.11 Å². The number of nitro benzene ring substituents is 1. The third kappa shape index (κ3) is 2.76. The van der Waals surface area contributed by atoms with Crippen LogP contribution in [-0.4, -0.2) is 10.0 Å². The molecule has 1 unspecified atom stereocenters. The number of hydrogen-bond donors (Lipinski definition) is 1. The van der Waals surface area contributed by atoms with E-state index in [1.165, 1.54) is 6.07 Å². The molecule has 2 aromatic carbocycles. The lowest BCUT2D eigenvalue weighted by Gasteiger charge is -2.29. The molecule has 1 atom stereocenters. The molecular weight excluding hydrogens is 314 g/mol. The van der Waals surface area contributed by atoms with E-state index < -0.39 is 10.5 Å². The summed E-state index contributed by atoms with van der Waals surface area (Å²) in [4.78, 5) is 10.9. The van der Waals surface area contributed by atoms with Crippen molar-refractivity contribution < 1.29 is 10.0 Å². The van der Waals surface area contributed by atoms with Crippen molar-refractivity contribution in [1.82, 2.24) is 0 Å².